The van der Waals surface area contributed by atoms with Crippen LogP contribution in [0.3, 0.4) is 0 Å². The molecule has 0 fully saturated rings. The zero-order valence-electron chi connectivity index (χ0n) is 11.1. The van der Waals surface area contributed by atoms with Crippen LogP contribution in [0.5, 0.6) is 11.5 Å². The van der Waals surface area contributed by atoms with Gasteiger partial charge in [0, 0.05) is 17.7 Å². The Morgan fingerprint density at radius 1 is 1.33 bits per heavy atom. The standard InChI is InChI=1S/C13H19NO4/c1-14(2)11(8-13(15)16)10-6-5-9(17-3)7-12(10)18-4/h5-7,11H,8H2,1-4H3,(H,15,16). The molecule has 0 aromatic heterocycles. The fraction of sp³-hybridized carbons (Fsp3) is 0.462. The molecule has 0 heterocycles. The van der Waals surface area contributed by atoms with Crippen molar-refractivity contribution in [1.29, 1.82) is 0 Å². The number of aliphatic carboxylic acids is 1. The second-order valence-corrected chi connectivity index (χ2v) is 4.19. The van der Waals surface area contributed by atoms with Crippen LogP contribution in [0.15, 0.2) is 18.2 Å². The molecule has 18 heavy (non-hydrogen) atoms. The predicted molar refractivity (Wildman–Crippen MR) is 68.2 cm³/mol. The van der Waals surface area contributed by atoms with Crippen molar-refractivity contribution in [2.75, 3.05) is 28.3 Å². The van der Waals surface area contributed by atoms with Crippen molar-refractivity contribution in [3.05, 3.63) is 23.8 Å². The van der Waals surface area contributed by atoms with Crippen molar-refractivity contribution in [2.24, 2.45) is 0 Å². The van der Waals surface area contributed by atoms with Gasteiger partial charge in [-0.15, -0.1) is 0 Å². The molecule has 0 saturated heterocycles. The number of carbonyl (C=O) groups is 1. The molecule has 1 N–H and O–H groups in total. The summed E-state index contributed by atoms with van der Waals surface area (Å²) in [6.07, 6.45) is 0.0235. The number of nitrogens with zero attached hydrogens (tertiary/aromatic N) is 1. The maximum Gasteiger partial charge on any atom is 0.305 e. The van der Waals surface area contributed by atoms with E-state index in [0.29, 0.717) is 11.5 Å². The molecule has 0 aliphatic carbocycles. The molecule has 0 bridgehead atoms. The number of rotatable bonds is 6. The molecule has 0 amide bonds. The molecule has 100 valence electrons. The topological polar surface area (TPSA) is 59.0 Å². The monoisotopic (exact) mass is 253 g/mol. The fourth-order valence-electron chi connectivity index (χ4n) is 1.83. The summed E-state index contributed by atoms with van der Waals surface area (Å²) < 4.78 is 10.4. The summed E-state index contributed by atoms with van der Waals surface area (Å²) in [5.41, 5.74) is 0.839. The Bertz CT molecular complexity index is 417. The van der Waals surface area contributed by atoms with Gasteiger partial charge in [-0.3, -0.25) is 4.79 Å². The van der Waals surface area contributed by atoms with Crippen LogP contribution in [-0.2, 0) is 4.79 Å². The van der Waals surface area contributed by atoms with E-state index in [1.54, 1.807) is 26.4 Å². The maximum atomic E-state index is 10.9. The van der Waals surface area contributed by atoms with Gasteiger partial charge in [-0.05, 0) is 20.2 Å². The van der Waals surface area contributed by atoms with Gasteiger partial charge in [0.1, 0.15) is 11.5 Å². The maximum absolute atomic E-state index is 10.9. The van der Waals surface area contributed by atoms with E-state index in [-0.39, 0.29) is 12.5 Å². The molecule has 1 rings (SSSR count). The summed E-state index contributed by atoms with van der Waals surface area (Å²) in [5.74, 6) is 0.476. The van der Waals surface area contributed by atoms with Crippen LogP contribution in [0.2, 0.25) is 0 Å². The van der Waals surface area contributed by atoms with E-state index >= 15 is 0 Å². The molecular formula is C13H19NO4. The molecule has 0 aliphatic heterocycles. The van der Waals surface area contributed by atoms with Crippen molar-refractivity contribution in [3.8, 4) is 11.5 Å². The van der Waals surface area contributed by atoms with E-state index in [1.165, 1.54) is 0 Å². The Morgan fingerprint density at radius 2 is 2.00 bits per heavy atom. The van der Waals surface area contributed by atoms with Crippen LogP contribution in [0.1, 0.15) is 18.0 Å². The van der Waals surface area contributed by atoms with Crippen LogP contribution in [0, 0.1) is 0 Å². The van der Waals surface area contributed by atoms with Gasteiger partial charge in [-0.25, -0.2) is 0 Å². The van der Waals surface area contributed by atoms with Gasteiger partial charge in [0.15, 0.2) is 0 Å². The first-order chi connectivity index (χ1) is 8.49. The van der Waals surface area contributed by atoms with E-state index in [4.69, 9.17) is 14.6 Å². The minimum atomic E-state index is -0.841. The van der Waals surface area contributed by atoms with Gasteiger partial charge in [-0.1, -0.05) is 6.07 Å². The van der Waals surface area contributed by atoms with Crippen molar-refractivity contribution in [1.82, 2.24) is 4.90 Å². The van der Waals surface area contributed by atoms with Crippen molar-refractivity contribution in [3.63, 3.8) is 0 Å². The van der Waals surface area contributed by atoms with E-state index in [1.807, 2.05) is 25.1 Å². The van der Waals surface area contributed by atoms with Crippen LogP contribution in [0.4, 0.5) is 0 Å². The fourth-order valence-corrected chi connectivity index (χ4v) is 1.83. The smallest absolute Gasteiger partial charge is 0.305 e. The number of carboxylic acids is 1. The highest BCUT2D eigenvalue weighted by atomic mass is 16.5. The second-order valence-electron chi connectivity index (χ2n) is 4.19. The molecule has 1 aromatic rings. The summed E-state index contributed by atoms with van der Waals surface area (Å²) in [5, 5.41) is 8.97. The Hall–Kier alpha value is -1.75. The van der Waals surface area contributed by atoms with Crippen molar-refractivity contribution >= 4 is 5.97 Å². The van der Waals surface area contributed by atoms with E-state index < -0.39 is 5.97 Å². The number of benzene rings is 1. The SMILES string of the molecule is COc1ccc(C(CC(=O)O)N(C)C)c(OC)c1. The van der Waals surface area contributed by atoms with E-state index in [2.05, 4.69) is 0 Å². The minimum absolute atomic E-state index is 0.0235. The molecule has 0 aliphatic rings. The number of hydrogen-bond acceptors (Lipinski definition) is 4. The summed E-state index contributed by atoms with van der Waals surface area (Å²) >= 11 is 0. The van der Waals surface area contributed by atoms with Gasteiger partial charge in [0.05, 0.1) is 20.6 Å². The van der Waals surface area contributed by atoms with Gasteiger partial charge in [0.25, 0.3) is 0 Å². The molecule has 1 aromatic carbocycles. The lowest BCUT2D eigenvalue weighted by Gasteiger charge is -2.25. The molecule has 0 radical (unpaired) electrons. The van der Waals surface area contributed by atoms with Crippen LogP contribution in [-0.4, -0.2) is 44.3 Å². The Morgan fingerprint density at radius 3 is 2.44 bits per heavy atom. The third-order valence-corrected chi connectivity index (χ3v) is 2.79. The molecule has 5 nitrogen and oxygen atoms in total. The third-order valence-electron chi connectivity index (χ3n) is 2.79. The number of hydrogen-bond donors (Lipinski definition) is 1. The number of methoxy groups -OCH3 is 2. The van der Waals surface area contributed by atoms with Crippen molar-refractivity contribution < 1.29 is 19.4 Å². The average molecular weight is 253 g/mol. The third kappa shape index (κ3) is 3.37. The molecule has 1 atom stereocenters. The highest BCUT2D eigenvalue weighted by Gasteiger charge is 2.21. The molecule has 5 heteroatoms. The van der Waals surface area contributed by atoms with E-state index in [9.17, 15) is 4.79 Å². The van der Waals surface area contributed by atoms with Gasteiger partial charge >= 0.3 is 5.97 Å². The first-order valence-electron chi connectivity index (χ1n) is 5.59. The lowest BCUT2D eigenvalue weighted by atomic mass is 10.0. The first kappa shape index (κ1) is 14.3. The average Bonchev–Trinajstić information content (AvgIpc) is 2.34. The van der Waals surface area contributed by atoms with Gasteiger partial charge in [0.2, 0.25) is 0 Å². The lowest BCUT2D eigenvalue weighted by molar-refractivity contribution is -0.138. The van der Waals surface area contributed by atoms with Crippen LogP contribution < -0.4 is 9.47 Å². The Kier molecular flexibility index (Phi) is 4.97. The lowest BCUT2D eigenvalue weighted by Crippen LogP contribution is -2.23. The summed E-state index contributed by atoms with van der Waals surface area (Å²) in [7, 11) is 6.83. The summed E-state index contributed by atoms with van der Waals surface area (Å²) in [4.78, 5) is 12.8. The zero-order valence-corrected chi connectivity index (χ0v) is 11.1. The largest absolute Gasteiger partial charge is 0.497 e. The normalized spacial score (nSPS) is 12.3. The summed E-state index contributed by atoms with van der Waals surface area (Å²) in [6.45, 7) is 0. The number of ether oxygens (including phenoxy) is 2. The zero-order chi connectivity index (χ0) is 13.7. The molecule has 0 spiro atoms. The Labute approximate surface area is 107 Å². The quantitative estimate of drug-likeness (QED) is 0.837. The Balaban J connectivity index is 3.14. The number of carboxylic acid groups (broad SMARTS) is 1. The molecule has 1 unspecified atom stereocenters. The minimum Gasteiger partial charge on any atom is -0.497 e. The highest BCUT2D eigenvalue weighted by molar-refractivity contribution is 5.68. The van der Waals surface area contributed by atoms with Gasteiger partial charge < -0.3 is 19.5 Å². The summed E-state index contributed by atoms with van der Waals surface area (Å²) in [6, 6.07) is 5.16. The molecular weight excluding hydrogens is 234 g/mol. The molecule has 0 saturated carbocycles. The second kappa shape index (κ2) is 6.26. The van der Waals surface area contributed by atoms with Gasteiger partial charge in [-0.2, -0.15) is 0 Å². The van der Waals surface area contributed by atoms with Crippen LogP contribution in [0.25, 0.3) is 0 Å². The van der Waals surface area contributed by atoms with E-state index in [0.717, 1.165) is 5.56 Å². The first-order valence-corrected chi connectivity index (χ1v) is 5.59. The van der Waals surface area contributed by atoms with Crippen molar-refractivity contribution in [2.45, 2.75) is 12.5 Å². The van der Waals surface area contributed by atoms with Crippen LogP contribution >= 0.6 is 0 Å². The highest BCUT2D eigenvalue weighted by Crippen LogP contribution is 2.33. The predicted octanol–water partition coefficient (Wildman–Crippen LogP) is 1.78.